The van der Waals surface area contributed by atoms with E-state index in [2.05, 4.69) is 38.2 Å². The molecule has 4 heterocycles. The van der Waals surface area contributed by atoms with Gasteiger partial charge in [0.05, 0.1) is 24.5 Å². The molecule has 4 unspecified atom stereocenters. The van der Waals surface area contributed by atoms with Crippen molar-refractivity contribution in [2.45, 2.75) is 64.0 Å². The molecule has 42 heavy (non-hydrogen) atoms. The van der Waals surface area contributed by atoms with Crippen molar-refractivity contribution >= 4 is 17.9 Å². The van der Waals surface area contributed by atoms with E-state index in [4.69, 9.17) is 9.26 Å². The minimum atomic E-state index is -0.517. The first-order valence-corrected chi connectivity index (χ1v) is 14.8. The number of methoxy groups -OCH3 is 1. The Morgan fingerprint density at radius 1 is 1.17 bits per heavy atom. The maximum absolute atomic E-state index is 14.0. The standard InChI is InChI=1S/C31H39N7O4/c1-18-29(19(2)42-35-18)23-14-26(32-16-23)31(40)38-17-22(11-20-5-8-24(41-4)9-6-20)13-28(38)30(39)33-15-21-7-10-27-25(12-21)34-36-37(27)3/h5-6,8-9,12,22-23,26,28,32H,7,10-11,13-17H2,1-4H3,(H,33,39). The number of nitrogens with zero attached hydrogens (tertiary/aromatic N) is 5. The average molecular weight is 574 g/mol. The monoisotopic (exact) mass is 573 g/mol. The summed E-state index contributed by atoms with van der Waals surface area (Å²) < 4.78 is 12.5. The van der Waals surface area contributed by atoms with Crippen LogP contribution in [0.3, 0.4) is 0 Å². The van der Waals surface area contributed by atoms with Gasteiger partial charge in [-0.3, -0.25) is 14.3 Å². The third kappa shape index (κ3) is 5.57. The van der Waals surface area contributed by atoms with Crippen LogP contribution in [0.4, 0.5) is 0 Å². The first kappa shape index (κ1) is 28.1. The van der Waals surface area contributed by atoms with Gasteiger partial charge in [0.15, 0.2) is 0 Å². The molecule has 2 N–H and O–H groups in total. The number of likely N-dealkylation sites (tertiary alicyclic amines) is 1. The Kier molecular flexibility index (Phi) is 7.85. The number of fused-ring (bicyclic) bond motifs is 1. The SMILES string of the molecule is COc1ccc(CC2CC(C(=O)NCC3=Cc4nnn(C)c4CC3)N(C(=O)C3CC(c4c(C)noc4C)CN3)C2)cc1. The fraction of sp³-hybridized carbons (Fsp3) is 0.516. The summed E-state index contributed by atoms with van der Waals surface area (Å²) in [4.78, 5) is 29.5. The van der Waals surface area contributed by atoms with Crippen LogP contribution >= 0.6 is 0 Å². The van der Waals surface area contributed by atoms with Gasteiger partial charge in [0.1, 0.15) is 23.2 Å². The zero-order valence-electron chi connectivity index (χ0n) is 24.7. The van der Waals surface area contributed by atoms with E-state index in [1.807, 2.05) is 44.0 Å². The number of carbonyl (C=O) groups is 2. The molecule has 2 aromatic heterocycles. The van der Waals surface area contributed by atoms with Crippen molar-refractivity contribution in [3.63, 3.8) is 0 Å². The van der Waals surface area contributed by atoms with E-state index in [9.17, 15) is 9.59 Å². The Bertz CT molecular complexity index is 1470. The molecule has 2 fully saturated rings. The zero-order valence-corrected chi connectivity index (χ0v) is 24.7. The number of carbonyl (C=O) groups excluding carboxylic acids is 2. The molecule has 0 spiro atoms. The Balaban J connectivity index is 1.16. The van der Waals surface area contributed by atoms with Crippen molar-refractivity contribution in [1.29, 1.82) is 0 Å². The van der Waals surface area contributed by atoms with E-state index in [1.165, 1.54) is 5.56 Å². The Morgan fingerprint density at radius 2 is 1.98 bits per heavy atom. The molecule has 3 aromatic rings. The molecule has 2 aliphatic heterocycles. The number of benzene rings is 1. The van der Waals surface area contributed by atoms with E-state index in [1.54, 1.807) is 11.8 Å². The smallest absolute Gasteiger partial charge is 0.243 e. The lowest BCUT2D eigenvalue weighted by Crippen LogP contribution is -2.51. The number of amides is 2. The molecule has 0 bridgehead atoms. The van der Waals surface area contributed by atoms with Crippen LogP contribution in [0.15, 0.2) is 34.4 Å². The van der Waals surface area contributed by atoms with Gasteiger partial charge in [-0.15, -0.1) is 5.10 Å². The first-order chi connectivity index (χ1) is 20.3. The lowest BCUT2D eigenvalue weighted by atomic mass is 9.94. The molecule has 2 amide bonds. The molecule has 0 saturated carbocycles. The average Bonchev–Trinajstić information content (AvgIpc) is 3.79. The molecule has 0 radical (unpaired) electrons. The van der Waals surface area contributed by atoms with Gasteiger partial charge in [0, 0.05) is 38.2 Å². The molecular weight excluding hydrogens is 534 g/mol. The number of hydrogen-bond acceptors (Lipinski definition) is 8. The highest BCUT2D eigenvalue weighted by atomic mass is 16.5. The van der Waals surface area contributed by atoms with E-state index < -0.39 is 6.04 Å². The Hall–Kier alpha value is -3.99. The quantitative estimate of drug-likeness (QED) is 0.421. The third-order valence-corrected chi connectivity index (χ3v) is 9.07. The van der Waals surface area contributed by atoms with Crippen LogP contribution in [-0.4, -0.2) is 75.7 Å². The lowest BCUT2D eigenvalue weighted by Gasteiger charge is -2.27. The Labute approximate surface area is 245 Å². The van der Waals surface area contributed by atoms with Gasteiger partial charge < -0.3 is 24.8 Å². The second-order valence-electron chi connectivity index (χ2n) is 11.9. The number of aryl methyl sites for hydroxylation is 3. The normalized spacial score (nSPS) is 23.5. The lowest BCUT2D eigenvalue weighted by molar-refractivity contribution is -0.139. The van der Waals surface area contributed by atoms with Crippen LogP contribution in [0.1, 0.15) is 59.1 Å². The summed E-state index contributed by atoms with van der Waals surface area (Å²) >= 11 is 0. The maximum atomic E-state index is 14.0. The number of hydrogen-bond donors (Lipinski definition) is 2. The fourth-order valence-corrected chi connectivity index (χ4v) is 6.87. The highest BCUT2D eigenvalue weighted by Crippen LogP contribution is 2.34. The van der Waals surface area contributed by atoms with Gasteiger partial charge in [-0.05, 0) is 81.2 Å². The van der Waals surface area contributed by atoms with Crippen LogP contribution in [0.5, 0.6) is 5.75 Å². The zero-order chi connectivity index (χ0) is 29.4. The van der Waals surface area contributed by atoms with Crippen LogP contribution in [0, 0.1) is 19.8 Å². The van der Waals surface area contributed by atoms with E-state index >= 15 is 0 Å². The Morgan fingerprint density at radius 3 is 2.71 bits per heavy atom. The molecule has 3 aliphatic rings. The van der Waals surface area contributed by atoms with E-state index in [0.29, 0.717) is 32.5 Å². The van der Waals surface area contributed by atoms with Crippen LogP contribution in [0.2, 0.25) is 0 Å². The number of aromatic nitrogens is 4. The van der Waals surface area contributed by atoms with Crippen molar-refractivity contribution < 1.29 is 18.8 Å². The van der Waals surface area contributed by atoms with E-state index in [0.717, 1.165) is 59.0 Å². The topological polar surface area (TPSA) is 127 Å². The van der Waals surface area contributed by atoms with Crippen molar-refractivity contribution in [3.8, 4) is 5.75 Å². The van der Waals surface area contributed by atoms with Crippen LogP contribution < -0.4 is 15.4 Å². The summed E-state index contributed by atoms with van der Waals surface area (Å²) in [6, 6.07) is 7.15. The summed E-state index contributed by atoms with van der Waals surface area (Å²) in [5.41, 5.74) is 6.21. The molecule has 1 aromatic carbocycles. The van der Waals surface area contributed by atoms with Crippen molar-refractivity contribution in [1.82, 2.24) is 35.7 Å². The maximum Gasteiger partial charge on any atom is 0.243 e. The number of rotatable bonds is 8. The van der Waals surface area contributed by atoms with Gasteiger partial charge in [-0.25, -0.2) is 0 Å². The van der Waals surface area contributed by atoms with Crippen molar-refractivity contribution in [2.24, 2.45) is 13.0 Å². The minimum absolute atomic E-state index is 0.0114. The molecule has 1 aliphatic carbocycles. The summed E-state index contributed by atoms with van der Waals surface area (Å²) in [6.07, 6.45) is 5.78. The minimum Gasteiger partial charge on any atom is -0.497 e. The van der Waals surface area contributed by atoms with Crippen molar-refractivity contribution in [2.75, 3.05) is 26.7 Å². The van der Waals surface area contributed by atoms with E-state index in [-0.39, 0.29) is 29.7 Å². The predicted octanol–water partition coefficient (Wildman–Crippen LogP) is 2.48. The molecule has 11 nitrogen and oxygen atoms in total. The number of nitrogens with one attached hydrogen (secondary N) is 2. The molecule has 222 valence electrons. The molecular formula is C31H39N7O4. The first-order valence-electron chi connectivity index (χ1n) is 14.8. The molecule has 2 saturated heterocycles. The second-order valence-corrected chi connectivity index (χ2v) is 11.9. The third-order valence-electron chi connectivity index (χ3n) is 9.07. The predicted molar refractivity (Wildman–Crippen MR) is 156 cm³/mol. The second kappa shape index (κ2) is 11.7. The van der Waals surface area contributed by atoms with Gasteiger partial charge >= 0.3 is 0 Å². The molecule has 11 heteroatoms. The summed E-state index contributed by atoms with van der Waals surface area (Å²) in [5, 5.41) is 19.0. The summed E-state index contributed by atoms with van der Waals surface area (Å²) in [5.74, 6) is 1.82. The molecule has 6 rings (SSSR count). The largest absolute Gasteiger partial charge is 0.497 e. The van der Waals surface area contributed by atoms with Crippen LogP contribution in [0.25, 0.3) is 6.08 Å². The fourth-order valence-electron chi connectivity index (χ4n) is 6.87. The van der Waals surface area contributed by atoms with Gasteiger partial charge in [-0.1, -0.05) is 22.5 Å². The van der Waals surface area contributed by atoms with Gasteiger partial charge in [0.2, 0.25) is 11.8 Å². The molecule has 4 atom stereocenters. The summed E-state index contributed by atoms with van der Waals surface area (Å²) in [6.45, 7) is 5.52. The van der Waals surface area contributed by atoms with Crippen LogP contribution in [-0.2, 0) is 29.5 Å². The van der Waals surface area contributed by atoms with Crippen molar-refractivity contribution in [3.05, 3.63) is 63.8 Å². The van der Waals surface area contributed by atoms with Gasteiger partial charge in [-0.2, -0.15) is 0 Å². The van der Waals surface area contributed by atoms with Gasteiger partial charge in [0.25, 0.3) is 0 Å². The number of ether oxygens (including phenoxy) is 1. The summed E-state index contributed by atoms with van der Waals surface area (Å²) in [7, 11) is 3.55. The highest BCUT2D eigenvalue weighted by molar-refractivity contribution is 5.91. The highest BCUT2D eigenvalue weighted by Gasteiger charge is 2.44.